The highest BCUT2D eigenvalue weighted by atomic mass is 16.5. The maximum atomic E-state index is 12.2. The Hall–Kier alpha value is -3.75. The first-order valence-electron chi connectivity index (χ1n) is 17.0. The number of rotatable bonds is 12. The summed E-state index contributed by atoms with van der Waals surface area (Å²) in [6.07, 6.45) is 9.43. The van der Waals surface area contributed by atoms with Gasteiger partial charge in [-0.1, -0.05) is 26.0 Å². The molecule has 1 aliphatic heterocycles. The van der Waals surface area contributed by atoms with Gasteiger partial charge in [0.25, 0.3) is 0 Å². The summed E-state index contributed by atoms with van der Waals surface area (Å²) in [4.78, 5) is 17.0. The number of carboxylic acid groups (broad SMARTS) is 1. The van der Waals surface area contributed by atoms with Crippen LogP contribution in [0.4, 0.5) is 5.82 Å². The number of hydrogen-bond acceptors (Lipinski definition) is 7. The van der Waals surface area contributed by atoms with Gasteiger partial charge in [0.05, 0.1) is 32.9 Å². The number of nitrogens with one attached hydrogen (secondary N) is 1. The maximum absolute atomic E-state index is 12.2. The van der Waals surface area contributed by atoms with Crippen LogP contribution in [0.2, 0.25) is 0 Å². The number of anilines is 1. The molecule has 0 amide bonds. The predicted molar refractivity (Wildman–Crippen MR) is 178 cm³/mol. The van der Waals surface area contributed by atoms with E-state index in [0.717, 1.165) is 72.2 Å². The third-order valence-corrected chi connectivity index (χ3v) is 10.6. The van der Waals surface area contributed by atoms with Crippen LogP contribution in [0.25, 0.3) is 0 Å². The predicted octanol–water partition coefficient (Wildman–Crippen LogP) is 6.72. The zero-order valence-electron chi connectivity index (χ0n) is 28.1. The van der Waals surface area contributed by atoms with Gasteiger partial charge < -0.3 is 24.6 Å². The Kier molecular flexibility index (Phi) is 9.48. The van der Waals surface area contributed by atoms with E-state index in [1.165, 1.54) is 24.8 Å². The van der Waals surface area contributed by atoms with Gasteiger partial charge in [-0.3, -0.25) is 4.79 Å². The molecule has 0 saturated heterocycles. The lowest BCUT2D eigenvalue weighted by molar-refractivity contribution is -0.137. The minimum Gasteiger partial charge on any atom is -0.493 e. The maximum Gasteiger partial charge on any atom is 0.303 e. The van der Waals surface area contributed by atoms with Gasteiger partial charge in [-0.05, 0) is 97.8 Å². The summed E-state index contributed by atoms with van der Waals surface area (Å²) in [6.45, 7) is 6.20. The zero-order valence-corrected chi connectivity index (χ0v) is 28.1. The molecule has 9 heteroatoms. The monoisotopic (exact) mass is 630 g/mol. The molecule has 3 aliphatic rings. The van der Waals surface area contributed by atoms with Crippen LogP contribution in [-0.4, -0.2) is 53.2 Å². The number of ether oxygens (including phenoxy) is 3. The Morgan fingerprint density at radius 1 is 1.11 bits per heavy atom. The van der Waals surface area contributed by atoms with Crippen LogP contribution in [0.15, 0.2) is 30.3 Å². The Morgan fingerprint density at radius 2 is 1.89 bits per heavy atom. The molecular formula is C37H50N4O5. The molecule has 0 radical (unpaired) electrons. The van der Waals surface area contributed by atoms with Gasteiger partial charge in [0.1, 0.15) is 5.82 Å². The summed E-state index contributed by atoms with van der Waals surface area (Å²) in [7, 11) is 5.23. The van der Waals surface area contributed by atoms with E-state index in [-0.39, 0.29) is 17.8 Å². The number of hydrogen-bond donors (Lipinski definition) is 2. The average Bonchev–Trinajstić information content (AvgIpc) is 3.37. The number of nitrogens with zero attached hydrogens (tertiary/aromatic N) is 3. The van der Waals surface area contributed by atoms with Crippen molar-refractivity contribution in [1.82, 2.24) is 14.8 Å². The van der Waals surface area contributed by atoms with E-state index < -0.39 is 5.97 Å². The molecule has 2 N–H and O–H groups in total. The molecule has 248 valence electrons. The van der Waals surface area contributed by atoms with Crippen molar-refractivity contribution in [2.45, 2.75) is 89.4 Å². The Labute approximate surface area is 273 Å². The van der Waals surface area contributed by atoms with E-state index in [0.29, 0.717) is 42.9 Å². The standard InChI is InChI=1S/C37H50N4O5/c1-23-13-24-15-25(14-23)22-37(2,21-24)31-17-28(18-32(44-4)35(31)45-5)27(19-34(42)43)16-30-20-33(41(3)40-30)46-12-10-29-9-8-26-7-6-11-38-36(26)39-29/h8-9,17-18,20,23-25,27H,6-7,10-16,19,21-22H2,1-5H3,(H,38,39)(H,42,43). The molecule has 2 aliphatic carbocycles. The Morgan fingerprint density at radius 3 is 2.61 bits per heavy atom. The normalized spacial score (nSPS) is 24.4. The number of fused-ring (bicyclic) bond motifs is 3. The van der Waals surface area contributed by atoms with Crippen molar-refractivity contribution in [2.75, 3.05) is 32.7 Å². The van der Waals surface area contributed by atoms with Crippen molar-refractivity contribution in [3.8, 4) is 17.4 Å². The molecule has 2 fully saturated rings. The molecule has 3 heterocycles. The largest absolute Gasteiger partial charge is 0.493 e. The van der Waals surface area contributed by atoms with Crippen LogP contribution < -0.4 is 19.5 Å². The van der Waals surface area contributed by atoms with Crippen molar-refractivity contribution in [3.05, 3.63) is 58.4 Å². The average molecular weight is 631 g/mol. The second-order valence-electron chi connectivity index (χ2n) is 14.4. The zero-order chi connectivity index (χ0) is 32.4. The molecule has 2 saturated carbocycles. The second-order valence-corrected chi connectivity index (χ2v) is 14.4. The minimum absolute atomic E-state index is 0.0147. The third-order valence-electron chi connectivity index (χ3n) is 10.6. The van der Waals surface area contributed by atoms with E-state index in [1.807, 2.05) is 19.2 Å². The topological polar surface area (TPSA) is 108 Å². The van der Waals surface area contributed by atoms with Crippen LogP contribution in [0.3, 0.4) is 0 Å². The van der Waals surface area contributed by atoms with Gasteiger partial charge in [0.2, 0.25) is 5.88 Å². The summed E-state index contributed by atoms with van der Waals surface area (Å²) < 4.78 is 19.8. The van der Waals surface area contributed by atoms with Crippen molar-refractivity contribution in [3.63, 3.8) is 0 Å². The van der Waals surface area contributed by atoms with Gasteiger partial charge in [-0.25, -0.2) is 9.67 Å². The number of pyridine rings is 1. The molecule has 3 aromatic rings. The molecule has 2 aromatic heterocycles. The molecule has 1 aromatic carbocycles. The molecule has 6 rings (SSSR count). The van der Waals surface area contributed by atoms with Crippen LogP contribution in [0.5, 0.6) is 17.4 Å². The first kappa shape index (κ1) is 32.2. The number of methoxy groups -OCH3 is 2. The molecular weight excluding hydrogens is 580 g/mol. The van der Waals surface area contributed by atoms with Crippen LogP contribution in [-0.2, 0) is 36.5 Å². The third kappa shape index (κ3) is 6.98. The molecule has 3 unspecified atom stereocenters. The summed E-state index contributed by atoms with van der Waals surface area (Å²) in [5.41, 5.74) is 5.08. The summed E-state index contributed by atoms with van der Waals surface area (Å²) >= 11 is 0. The fraction of sp³-hybridized carbons (Fsp3) is 0.595. The number of aliphatic carboxylic acids is 1. The van der Waals surface area contributed by atoms with Gasteiger partial charge >= 0.3 is 5.97 Å². The lowest BCUT2D eigenvalue weighted by atomic mass is 9.57. The number of aromatic nitrogens is 3. The molecule has 46 heavy (non-hydrogen) atoms. The smallest absolute Gasteiger partial charge is 0.303 e. The fourth-order valence-corrected chi connectivity index (χ4v) is 8.76. The highest BCUT2D eigenvalue weighted by Gasteiger charge is 2.44. The highest BCUT2D eigenvalue weighted by Crippen LogP contribution is 2.54. The lowest BCUT2D eigenvalue weighted by Gasteiger charge is -2.48. The van der Waals surface area contributed by atoms with Crippen LogP contribution in [0, 0.1) is 17.8 Å². The van der Waals surface area contributed by atoms with Crippen molar-refractivity contribution in [1.29, 1.82) is 0 Å². The summed E-state index contributed by atoms with van der Waals surface area (Å²) in [6, 6.07) is 10.3. The van der Waals surface area contributed by atoms with E-state index in [1.54, 1.807) is 18.9 Å². The number of aryl methyl sites for hydroxylation is 2. The number of benzene rings is 1. The Bertz CT molecular complexity index is 1530. The van der Waals surface area contributed by atoms with Gasteiger partial charge in [-0.2, -0.15) is 5.10 Å². The highest BCUT2D eigenvalue weighted by molar-refractivity contribution is 5.68. The van der Waals surface area contributed by atoms with Gasteiger partial charge in [0, 0.05) is 43.3 Å². The molecule has 9 nitrogen and oxygen atoms in total. The van der Waals surface area contributed by atoms with E-state index in [4.69, 9.17) is 24.3 Å². The van der Waals surface area contributed by atoms with Crippen LogP contribution >= 0.6 is 0 Å². The first-order chi connectivity index (χ1) is 22.1. The van der Waals surface area contributed by atoms with Gasteiger partial charge in [0.15, 0.2) is 11.5 Å². The summed E-state index contributed by atoms with van der Waals surface area (Å²) in [5.74, 6) is 4.13. The van der Waals surface area contributed by atoms with Crippen molar-refractivity contribution < 1.29 is 24.1 Å². The van der Waals surface area contributed by atoms with E-state index in [9.17, 15) is 9.90 Å². The van der Waals surface area contributed by atoms with E-state index in [2.05, 4.69) is 37.4 Å². The second kappa shape index (κ2) is 13.5. The van der Waals surface area contributed by atoms with Crippen molar-refractivity contribution in [2.24, 2.45) is 24.8 Å². The lowest BCUT2D eigenvalue weighted by Crippen LogP contribution is -2.39. The fourth-order valence-electron chi connectivity index (χ4n) is 8.76. The first-order valence-corrected chi connectivity index (χ1v) is 17.0. The quantitative estimate of drug-likeness (QED) is 0.227. The van der Waals surface area contributed by atoms with E-state index >= 15 is 0 Å². The minimum atomic E-state index is -0.840. The van der Waals surface area contributed by atoms with Gasteiger partial charge in [-0.15, -0.1) is 0 Å². The SMILES string of the molecule is COc1cc(C(CC(=O)O)Cc2cc(OCCc3ccc4c(n3)NCCC4)n(C)n2)cc(C2(C)CC3CC(C)CC(C3)C2)c1OC. The molecule has 3 atom stereocenters. The number of carboxylic acids is 1. The molecule has 0 spiro atoms. The van der Waals surface area contributed by atoms with Crippen LogP contribution in [0.1, 0.15) is 92.8 Å². The Balaban J connectivity index is 1.21. The van der Waals surface area contributed by atoms with Crippen molar-refractivity contribution >= 4 is 11.8 Å². The molecule has 2 bridgehead atoms. The number of carbonyl (C=O) groups is 1. The summed E-state index contributed by atoms with van der Waals surface area (Å²) in [5, 5.41) is 18.1.